The standard InChI is InChI=1S/C12H19N3/c1-3-4-10-7-12(14-8-13-10)15-11-5-9(2)6-11/h7-9,11H,3-6H2,1-2H3,(H,13,14,15). The van der Waals surface area contributed by atoms with E-state index in [1.807, 2.05) is 0 Å². The lowest BCUT2D eigenvalue weighted by atomic mass is 9.82. The Bertz CT molecular complexity index is 318. The Balaban J connectivity index is 1.93. The van der Waals surface area contributed by atoms with Crippen molar-refractivity contribution in [2.75, 3.05) is 5.32 Å². The summed E-state index contributed by atoms with van der Waals surface area (Å²) in [7, 11) is 0. The molecular weight excluding hydrogens is 186 g/mol. The second-order valence-electron chi connectivity index (χ2n) is 4.56. The van der Waals surface area contributed by atoms with E-state index in [0.717, 1.165) is 30.3 Å². The van der Waals surface area contributed by atoms with Crippen molar-refractivity contribution in [3.63, 3.8) is 0 Å². The highest BCUT2D eigenvalue weighted by Crippen LogP contribution is 2.28. The Kier molecular flexibility index (Phi) is 3.19. The lowest BCUT2D eigenvalue weighted by Gasteiger charge is -2.33. The van der Waals surface area contributed by atoms with E-state index in [1.165, 1.54) is 12.8 Å². The van der Waals surface area contributed by atoms with Crippen LogP contribution >= 0.6 is 0 Å². The van der Waals surface area contributed by atoms with Gasteiger partial charge in [-0.05, 0) is 25.2 Å². The lowest BCUT2D eigenvalue weighted by Crippen LogP contribution is -2.34. The molecule has 1 fully saturated rings. The van der Waals surface area contributed by atoms with E-state index in [1.54, 1.807) is 6.33 Å². The van der Waals surface area contributed by atoms with Crippen LogP contribution in [0.3, 0.4) is 0 Å². The molecule has 0 aromatic carbocycles. The number of aromatic nitrogens is 2. The van der Waals surface area contributed by atoms with Gasteiger partial charge in [-0.3, -0.25) is 0 Å². The minimum Gasteiger partial charge on any atom is -0.367 e. The van der Waals surface area contributed by atoms with Crippen LogP contribution in [0, 0.1) is 5.92 Å². The van der Waals surface area contributed by atoms with Gasteiger partial charge in [0.25, 0.3) is 0 Å². The average Bonchev–Trinajstić information content (AvgIpc) is 2.17. The van der Waals surface area contributed by atoms with Gasteiger partial charge in [-0.15, -0.1) is 0 Å². The van der Waals surface area contributed by atoms with Crippen molar-refractivity contribution in [1.82, 2.24) is 9.97 Å². The third kappa shape index (κ3) is 2.67. The summed E-state index contributed by atoms with van der Waals surface area (Å²) in [5.41, 5.74) is 1.14. The molecule has 1 saturated carbocycles. The largest absolute Gasteiger partial charge is 0.367 e. The number of nitrogens with one attached hydrogen (secondary N) is 1. The maximum atomic E-state index is 4.25. The molecule has 0 bridgehead atoms. The Morgan fingerprint density at radius 3 is 2.87 bits per heavy atom. The van der Waals surface area contributed by atoms with Crippen molar-refractivity contribution < 1.29 is 0 Å². The Hall–Kier alpha value is -1.12. The Morgan fingerprint density at radius 1 is 1.40 bits per heavy atom. The molecule has 0 saturated heterocycles. The molecule has 82 valence electrons. The summed E-state index contributed by atoms with van der Waals surface area (Å²) in [6.45, 7) is 4.46. The van der Waals surface area contributed by atoms with Gasteiger partial charge in [-0.1, -0.05) is 20.3 Å². The fourth-order valence-corrected chi connectivity index (χ4v) is 2.10. The molecule has 0 amide bonds. The first-order valence-corrected chi connectivity index (χ1v) is 5.85. The number of rotatable bonds is 4. The zero-order chi connectivity index (χ0) is 10.7. The fraction of sp³-hybridized carbons (Fsp3) is 0.667. The van der Waals surface area contributed by atoms with Crippen LogP contribution in [0.1, 0.15) is 38.8 Å². The lowest BCUT2D eigenvalue weighted by molar-refractivity contribution is 0.308. The van der Waals surface area contributed by atoms with Crippen LogP contribution in [0.15, 0.2) is 12.4 Å². The summed E-state index contributed by atoms with van der Waals surface area (Å²) in [6.07, 6.45) is 6.38. The van der Waals surface area contributed by atoms with Crippen molar-refractivity contribution in [2.45, 2.75) is 45.6 Å². The quantitative estimate of drug-likeness (QED) is 0.821. The molecule has 3 nitrogen and oxygen atoms in total. The summed E-state index contributed by atoms with van der Waals surface area (Å²) >= 11 is 0. The molecule has 0 spiro atoms. The fourth-order valence-electron chi connectivity index (χ4n) is 2.10. The molecule has 1 N–H and O–H groups in total. The van der Waals surface area contributed by atoms with E-state index in [0.29, 0.717) is 6.04 Å². The number of aryl methyl sites for hydroxylation is 1. The maximum absolute atomic E-state index is 4.25. The number of anilines is 1. The minimum atomic E-state index is 0.629. The SMILES string of the molecule is CCCc1cc(NC2CC(C)C2)ncn1. The maximum Gasteiger partial charge on any atom is 0.129 e. The highest BCUT2D eigenvalue weighted by atomic mass is 15.0. The van der Waals surface area contributed by atoms with E-state index >= 15 is 0 Å². The topological polar surface area (TPSA) is 37.8 Å². The third-order valence-corrected chi connectivity index (χ3v) is 2.96. The molecule has 1 heterocycles. The molecule has 0 radical (unpaired) electrons. The number of nitrogens with zero attached hydrogens (tertiary/aromatic N) is 2. The van der Waals surface area contributed by atoms with Crippen LogP contribution in [0.4, 0.5) is 5.82 Å². The van der Waals surface area contributed by atoms with Crippen LogP contribution in [-0.4, -0.2) is 16.0 Å². The minimum absolute atomic E-state index is 0.629. The Labute approximate surface area is 91.3 Å². The van der Waals surface area contributed by atoms with Crippen LogP contribution in [0.25, 0.3) is 0 Å². The van der Waals surface area contributed by atoms with Crippen LogP contribution in [-0.2, 0) is 6.42 Å². The highest BCUT2D eigenvalue weighted by molar-refractivity contribution is 5.36. The van der Waals surface area contributed by atoms with Gasteiger partial charge in [0.2, 0.25) is 0 Å². The van der Waals surface area contributed by atoms with Crippen LogP contribution in [0.2, 0.25) is 0 Å². The summed E-state index contributed by atoms with van der Waals surface area (Å²) in [4.78, 5) is 8.49. The molecule has 3 heteroatoms. The van der Waals surface area contributed by atoms with Crippen molar-refractivity contribution in [3.8, 4) is 0 Å². The molecule has 0 atom stereocenters. The monoisotopic (exact) mass is 205 g/mol. The predicted octanol–water partition coefficient (Wildman–Crippen LogP) is 2.64. The number of hydrogen-bond acceptors (Lipinski definition) is 3. The third-order valence-electron chi connectivity index (χ3n) is 2.96. The van der Waals surface area contributed by atoms with E-state index < -0.39 is 0 Å². The molecule has 1 aromatic rings. The predicted molar refractivity (Wildman–Crippen MR) is 61.8 cm³/mol. The van der Waals surface area contributed by atoms with Gasteiger partial charge in [0, 0.05) is 17.8 Å². The van der Waals surface area contributed by atoms with Crippen molar-refractivity contribution >= 4 is 5.82 Å². The molecule has 1 aliphatic rings. The highest BCUT2D eigenvalue weighted by Gasteiger charge is 2.25. The van der Waals surface area contributed by atoms with Gasteiger partial charge in [0.05, 0.1) is 0 Å². The van der Waals surface area contributed by atoms with Gasteiger partial charge < -0.3 is 5.32 Å². The molecular formula is C12H19N3. The van der Waals surface area contributed by atoms with Gasteiger partial charge >= 0.3 is 0 Å². The zero-order valence-corrected chi connectivity index (χ0v) is 9.53. The van der Waals surface area contributed by atoms with Gasteiger partial charge in [-0.25, -0.2) is 9.97 Å². The second kappa shape index (κ2) is 4.60. The molecule has 1 aliphatic carbocycles. The van der Waals surface area contributed by atoms with E-state index in [4.69, 9.17) is 0 Å². The van der Waals surface area contributed by atoms with Gasteiger partial charge in [0.1, 0.15) is 12.1 Å². The first-order valence-electron chi connectivity index (χ1n) is 5.85. The smallest absolute Gasteiger partial charge is 0.129 e. The molecule has 1 aromatic heterocycles. The van der Waals surface area contributed by atoms with Crippen molar-refractivity contribution in [2.24, 2.45) is 5.92 Å². The van der Waals surface area contributed by atoms with Gasteiger partial charge in [-0.2, -0.15) is 0 Å². The molecule has 0 unspecified atom stereocenters. The molecule has 0 aliphatic heterocycles. The van der Waals surface area contributed by atoms with E-state index in [2.05, 4.69) is 35.2 Å². The van der Waals surface area contributed by atoms with E-state index in [9.17, 15) is 0 Å². The van der Waals surface area contributed by atoms with Crippen molar-refractivity contribution in [3.05, 3.63) is 18.1 Å². The summed E-state index contributed by atoms with van der Waals surface area (Å²) in [6, 6.07) is 2.70. The molecule has 2 rings (SSSR count). The summed E-state index contributed by atoms with van der Waals surface area (Å²) in [5.74, 6) is 1.87. The Morgan fingerprint density at radius 2 is 2.20 bits per heavy atom. The first kappa shape index (κ1) is 10.4. The average molecular weight is 205 g/mol. The van der Waals surface area contributed by atoms with Crippen molar-refractivity contribution in [1.29, 1.82) is 0 Å². The zero-order valence-electron chi connectivity index (χ0n) is 9.53. The van der Waals surface area contributed by atoms with Gasteiger partial charge in [0.15, 0.2) is 0 Å². The second-order valence-corrected chi connectivity index (χ2v) is 4.56. The first-order chi connectivity index (χ1) is 7.28. The van der Waals surface area contributed by atoms with Crippen LogP contribution < -0.4 is 5.32 Å². The molecule has 15 heavy (non-hydrogen) atoms. The van der Waals surface area contributed by atoms with E-state index in [-0.39, 0.29) is 0 Å². The van der Waals surface area contributed by atoms with Crippen LogP contribution in [0.5, 0.6) is 0 Å². The summed E-state index contributed by atoms with van der Waals surface area (Å²) in [5, 5.41) is 3.46. The summed E-state index contributed by atoms with van der Waals surface area (Å²) < 4.78 is 0. The number of hydrogen-bond donors (Lipinski definition) is 1. The normalized spacial score (nSPS) is 24.7.